The zero-order valence-electron chi connectivity index (χ0n) is 32.4. The summed E-state index contributed by atoms with van der Waals surface area (Å²) in [6, 6.07) is 31.4. The lowest BCUT2D eigenvalue weighted by Crippen LogP contribution is -2.61. The number of ether oxygens (including phenoxy) is 2. The summed E-state index contributed by atoms with van der Waals surface area (Å²) in [5.41, 5.74) is 7.13. The minimum absolute atomic E-state index is 0.00735. The number of carbonyl (C=O) groups excluding carboxylic acids is 1. The third-order valence-electron chi connectivity index (χ3n) is 13.2. The molecule has 57 heavy (non-hydrogen) atoms. The summed E-state index contributed by atoms with van der Waals surface area (Å²) in [4.78, 5) is 28.8. The second-order valence-electron chi connectivity index (χ2n) is 17.2. The maximum Gasteiger partial charge on any atom is 0.315 e. The van der Waals surface area contributed by atoms with E-state index in [0.717, 1.165) is 109 Å². The van der Waals surface area contributed by atoms with Gasteiger partial charge in [0.1, 0.15) is 0 Å². The third-order valence-corrected chi connectivity index (χ3v) is 13.2. The Balaban J connectivity index is 0.856. The van der Waals surface area contributed by atoms with E-state index in [1.165, 1.54) is 19.3 Å². The molecular formula is C46H53N5O6. The number of anilines is 1. The number of hydrogen-bond donors (Lipinski definition) is 3. The number of rotatable bonds is 11. The van der Waals surface area contributed by atoms with Gasteiger partial charge in [-0.05, 0) is 96.2 Å². The van der Waals surface area contributed by atoms with E-state index in [1.807, 2.05) is 48.5 Å². The van der Waals surface area contributed by atoms with Crippen molar-refractivity contribution >= 4 is 17.4 Å². The van der Waals surface area contributed by atoms with Crippen molar-refractivity contribution in [3.8, 4) is 11.1 Å². The Labute approximate surface area is 334 Å². The van der Waals surface area contributed by atoms with Crippen molar-refractivity contribution in [2.24, 2.45) is 17.8 Å². The Morgan fingerprint density at radius 3 is 2.09 bits per heavy atom. The van der Waals surface area contributed by atoms with Crippen LogP contribution in [0.3, 0.4) is 0 Å². The van der Waals surface area contributed by atoms with Crippen molar-refractivity contribution in [3.63, 3.8) is 0 Å². The van der Waals surface area contributed by atoms with E-state index in [2.05, 4.69) is 56.8 Å². The summed E-state index contributed by atoms with van der Waals surface area (Å²) < 4.78 is 13.4. The Kier molecular flexibility index (Phi) is 10.7. The lowest BCUT2D eigenvalue weighted by atomic mass is 9.53. The summed E-state index contributed by atoms with van der Waals surface area (Å²) in [6.07, 6.45) is 7.31. The van der Waals surface area contributed by atoms with Gasteiger partial charge in [-0.3, -0.25) is 15.0 Å². The van der Waals surface area contributed by atoms with Crippen LogP contribution >= 0.6 is 0 Å². The standard InChI is InChI=1S/C46H53N5O6/c52-30-31-5-7-36(8-6-31)43-24-41(29-49-17-19-50(20-18-49)39-13-15-40(16-14-39)51(54)55)56-44(57-43)37-11-9-35(10-12-37)42-4-2-1-3-38(42)28-47-45(53)48-46-25-32-21-33(26-46)23-34(22-32)27-46/h1-16,32-34,41,43-44,52H,17-30H2,(H2,47,48,53)/t32?,33?,34?,41-,43+,44+,46?/m1/s1. The predicted molar refractivity (Wildman–Crippen MR) is 218 cm³/mol. The molecule has 6 fully saturated rings. The predicted octanol–water partition coefficient (Wildman–Crippen LogP) is 7.89. The summed E-state index contributed by atoms with van der Waals surface area (Å²) >= 11 is 0. The van der Waals surface area contributed by atoms with Gasteiger partial charge in [0.15, 0.2) is 6.29 Å². The van der Waals surface area contributed by atoms with E-state index in [9.17, 15) is 20.0 Å². The molecule has 3 atom stereocenters. The van der Waals surface area contributed by atoms with Gasteiger partial charge in [0, 0.05) is 74.6 Å². The fraction of sp³-hybridized carbons (Fsp3) is 0.457. The molecule has 2 aliphatic heterocycles. The van der Waals surface area contributed by atoms with Gasteiger partial charge in [0.05, 0.1) is 23.7 Å². The van der Waals surface area contributed by atoms with Crippen LogP contribution in [0, 0.1) is 27.9 Å². The molecule has 0 aromatic heterocycles. The first-order valence-electron chi connectivity index (χ1n) is 20.7. The number of urea groups is 1. The number of nitro groups is 1. The number of amides is 2. The molecule has 0 spiro atoms. The summed E-state index contributed by atoms with van der Waals surface area (Å²) in [5.74, 6) is 2.33. The first-order chi connectivity index (χ1) is 27.8. The van der Waals surface area contributed by atoms with Crippen LogP contribution in [0.15, 0.2) is 97.1 Å². The minimum Gasteiger partial charge on any atom is -0.392 e. The molecule has 0 radical (unpaired) electrons. The highest BCUT2D eigenvalue weighted by atomic mass is 16.7. The molecule has 4 aromatic rings. The monoisotopic (exact) mass is 771 g/mol. The van der Waals surface area contributed by atoms with Crippen molar-refractivity contribution in [2.75, 3.05) is 37.6 Å². The van der Waals surface area contributed by atoms with Crippen LogP contribution in [0.25, 0.3) is 11.1 Å². The van der Waals surface area contributed by atoms with Gasteiger partial charge < -0.3 is 30.1 Å². The number of aliphatic hydroxyl groups is 1. The van der Waals surface area contributed by atoms with Gasteiger partial charge in [-0.15, -0.1) is 0 Å². The van der Waals surface area contributed by atoms with Crippen molar-refractivity contribution in [1.82, 2.24) is 15.5 Å². The molecule has 10 rings (SSSR count). The second kappa shape index (κ2) is 16.2. The largest absolute Gasteiger partial charge is 0.392 e. The molecule has 4 saturated carbocycles. The van der Waals surface area contributed by atoms with Crippen LogP contribution in [0.2, 0.25) is 0 Å². The Morgan fingerprint density at radius 2 is 1.44 bits per heavy atom. The van der Waals surface area contributed by atoms with Crippen LogP contribution in [-0.2, 0) is 22.6 Å². The molecule has 11 heteroatoms. The van der Waals surface area contributed by atoms with Gasteiger partial charge in [-0.25, -0.2) is 4.79 Å². The molecule has 11 nitrogen and oxygen atoms in total. The molecule has 3 N–H and O–H groups in total. The fourth-order valence-electron chi connectivity index (χ4n) is 10.8. The number of hydrogen-bond acceptors (Lipinski definition) is 8. The smallest absolute Gasteiger partial charge is 0.315 e. The van der Waals surface area contributed by atoms with Gasteiger partial charge in [0.25, 0.3) is 5.69 Å². The molecule has 6 aliphatic rings. The van der Waals surface area contributed by atoms with Crippen LogP contribution in [0.1, 0.15) is 79.6 Å². The summed E-state index contributed by atoms with van der Waals surface area (Å²) in [6.45, 7) is 4.55. The molecule has 0 unspecified atom stereocenters. The third kappa shape index (κ3) is 8.43. The number of nitrogens with zero attached hydrogens (tertiary/aromatic N) is 3. The molecule has 298 valence electrons. The van der Waals surface area contributed by atoms with Crippen LogP contribution in [-0.4, -0.2) is 65.3 Å². The van der Waals surface area contributed by atoms with Crippen molar-refractivity contribution in [2.45, 2.75) is 82.1 Å². The van der Waals surface area contributed by atoms with Gasteiger partial charge in [-0.1, -0.05) is 72.8 Å². The van der Waals surface area contributed by atoms with Crippen molar-refractivity contribution < 1.29 is 24.3 Å². The topological polar surface area (TPSA) is 129 Å². The number of carbonyl (C=O) groups is 1. The fourth-order valence-corrected chi connectivity index (χ4v) is 10.8. The molecule has 4 bridgehead atoms. The lowest BCUT2D eigenvalue weighted by Gasteiger charge is -2.56. The highest BCUT2D eigenvalue weighted by molar-refractivity contribution is 5.76. The first-order valence-corrected chi connectivity index (χ1v) is 20.7. The molecule has 2 amide bonds. The van der Waals surface area contributed by atoms with E-state index in [1.54, 1.807) is 12.1 Å². The average molecular weight is 772 g/mol. The molecular weight excluding hydrogens is 719 g/mol. The van der Waals surface area contributed by atoms with E-state index >= 15 is 0 Å². The van der Waals surface area contributed by atoms with E-state index in [4.69, 9.17) is 9.47 Å². The Morgan fingerprint density at radius 1 is 0.789 bits per heavy atom. The molecule has 4 aliphatic carbocycles. The van der Waals surface area contributed by atoms with Crippen molar-refractivity contribution in [3.05, 3.63) is 129 Å². The van der Waals surface area contributed by atoms with Crippen LogP contribution in [0.5, 0.6) is 0 Å². The SMILES string of the molecule is O=C(NCc1ccccc1-c1ccc([C@H]2O[C@@H](CN3CCN(c4ccc([N+](=O)[O-])cc4)CC3)C[C@@H](c3ccc(CO)cc3)O2)cc1)NC12CC3CC(CC(C3)C1)C2. The van der Waals surface area contributed by atoms with Crippen LogP contribution < -0.4 is 15.5 Å². The van der Waals surface area contributed by atoms with E-state index in [0.29, 0.717) is 13.0 Å². The minimum atomic E-state index is -0.563. The number of benzene rings is 4. The van der Waals surface area contributed by atoms with Gasteiger partial charge >= 0.3 is 6.03 Å². The zero-order chi connectivity index (χ0) is 38.9. The van der Waals surface area contributed by atoms with E-state index in [-0.39, 0.29) is 41.0 Å². The normalized spacial score (nSPS) is 28.3. The van der Waals surface area contributed by atoms with Gasteiger partial charge in [-0.2, -0.15) is 0 Å². The lowest BCUT2D eigenvalue weighted by molar-refractivity contribution is -0.384. The molecule has 4 aromatic carbocycles. The number of piperazine rings is 1. The number of non-ortho nitro benzene ring substituents is 1. The highest BCUT2D eigenvalue weighted by Crippen LogP contribution is 2.55. The Bertz CT molecular complexity index is 2000. The quantitative estimate of drug-likeness (QED) is 0.104. The molecule has 2 saturated heterocycles. The summed E-state index contributed by atoms with van der Waals surface area (Å²) in [5, 5.41) is 27.4. The molecule has 2 heterocycles. The number of nitrogens with one attached hydrogen (secondary N) is 2. The van der Waals surface area contributed by atoms with Crippen molar-refractivity contribution in [1.29, 1.82) is 0 Å². The first kappa shape index (κ1) is 37.7. The summed E-state index contributed by atoms with van der Waals surface area (Å²) in [7, 11) is 0. The number of aliphatic hydroxyl groups excluding tert-OH is 1. The van der Waals surface area contributed by atoms with Gasteiger partial charge in [0.2, 0.25) is 0 Å². The van der Waals surface area contributed by atoms with Crippen LogP contribution in [0.4, 0.5) is 16.2 Å². The second-order valence-corrected chi connectivity index (χ2v) is 17.2. The maximum absolute atomic E-state index is 13.3. The average Bonchev–Trinajstić information content (AvgIpc) is 3.23. The number of nitro benzene ring substituents is 1. The highest BCUT2D eigenvalue weighted by Gasteiger charge is 2.51. The van der Waals surface area contributed by atoms with E-state index < -0.39 is 6.29 Å². The maximum atomic E-state index is 13.3. The Hall–Kier alpha value is -4.81. The zero-order valence-corrected chi connectivity index (χ0v) is 32.4.